The van der Waals surface area contributed by atoms with Crippen LogP contribution in [0.25, 0.3) is 11.1 Å². The molecule has 0 radical (unpaired) electrons. The number of rotatable bonds is 16. The van der Waals surface area contributed by atoms with Crippen molar-refractivity contribution in [1.29, 1.82) is 0 Å². The van der Waals surface area contributed by atoms with Gasteiger partial charge in [-0.05, 0) is 91.0 Å². The predicted octanol–water partition coefficient (Wildman–Crippen LogP) is 3.59. The van der Waals surface area contributed by atoms with Crippen LogP contribution in [0.2, 0.25) is 5.02 Å². The van der Waals surface area contributed by atoms with Crippen LogP contribution >= 0.6 is 23.4 Å². The fourth-order valence-corrected chi connectivity index (χ4v) is 6.73. The number of benzene rings is 2. The van der Waals surface area contributed by atoms with E-state index in [1.165, 1.54) is 34.8 Å². The van der Waals surface area contributed by atoms with Crippen molar-refractivity contribution in [2.24, 2.45) is 0 Å². The lowest BCUT2D eigenvalue weighted by Crippen LogP contribution is -2.52. The molecule has 5 N–H and O–H groups in total. The van der Waals surface area contributed by atoms with E-state index in [1.54, 1.807) is 0 Å². The Kier molecular flexibility index (Phi) is 11.1. The van der Waals surface area contributed by atoms with Gasteiger partial charge in [-0.3, -0.25) is 9.78 Å². The lowest BCUT2D eigenvalue weighted by Gasteiger charge is -2.27. The summed E-state index contributed by atoms with van der Waals surface area (Å²) in [5.74, 6) is 0.640. The van der Waals surface area contributed by atoms with Crippen LogP contribution in [0.4, 0.5) is 0 Å². The molecular weight excluding hydrogens is 616 g/mol. The Morgan fingerprint density at radius 3 is 2.56 bits per heavy atom. The molecule has 0 bridgehead atoms. The summed E-state index contributed by atoms with van der Waals surface area (Å²) in [5.41, 5.74) is 4.60. The third-order valence-corrected chi connectivity index (χ3v) is 10.1. The normalized spacial score (nSPS) is 18.1. The van der Waals surface area contributed by atoms with Crippen LogP contribution < -0.4 is 4.74 Å². The zero-order chi connectivity index (χ0) is 32.1. The Morgan fingerprint density at radius 2 is 1.84 bits per heavy atom. The number of carbonyl (C=O) groups is 1. The van der Waals surface area contributed by atoms with Gasteiger partial charge >= 0.3 is 0 Å². The Morgan fingerprint density at radius 1 is 1.09 bits per heavy atom. The summed E-state index contributed by atoms with van der Waals surface area (Å²) in [4.78, 5) is 19.3. The maximum Gasteiger partial charge on any atom is 0.253 e. The molecule has 242 valence electrons. The summed E-state index contributed by atoms with van der Waals surface area (Å²) in [6, 6.07) is 16.3. The van der Waals surface area contributed by atoms with E-state index in [2.05, 4.69) is 35.3 Å². The van der Waals surface area contributed by atoms with Gasteiger partial charge in [0, 0.05) is 47.2 Å². The molecule has 2 aromatic carbocycles. The minimum atomic E-state index is -1.94. The predicted molar refractivity (Wildman–Crippen MR) is 173 cm³/mol. The highest BCUT2D eigenvalue weighted by Gasteiger charge is 2.45. The van der Waals surface area contributed by atoms with Gasteiger partial charge in [-0.1, -0.05) is 29.8 Å². The van der Waals surface area contributed by atoms with E-state index < -0.39 is 36.9 Å². The fourth-order valence-electron chi connectivity index (χ4n) is 5.53. The number of aryl methyl sites for hydroxylation is 1. The van der Waals surface area contributed by atoms with Crippen LogP contribution in [0.3, 0.4) is 0 Å². The van der Waals surface area contributed by atoms with E-state index in [9.17, 15) is 25.2 Å². The molecule has 45 heavy (non-hydrogen) atoms. The third-order valence-electron chi connectivity index (χ3n) is 8.71. The molecule has 11 heteroatoms. The van der Waals surface area contributed by atoms with Gasteiger partial charge in [0.2, 0.25) is 0 Å². The smallest absolute Gasteiger partial charge is 0.253 e. The van der Waals surface area contributed by atoms with E-state index in [1.807, 2.05) is 30.6 Å². The number of amides is 1. The molecular formula is C34H41ClN2O7S. The van der Waals surface area contributed by atoms with Crippen LogP contribution in [-0.4, -0.2) is 97.8 Å². The average molecular weight is 657 g/mol. The van der Waals surface area contributed by atoms with E-state index in [0.717, 1.165) is 60.3 Å². The number of hydrogen-bond donors (Lipinski definition) is 5. The highest BCUT2D eigenvalue weighted by Crippen LogP contribution is 2.55. The zero-order valence-corrected chi connectivity index (χ0v) is 26.8. The number of ether oxygens (including phenoxy) is 1. The third kappa shape index (κ3) is 8.18. The Hall–Kier alpha value is -2.70. The number of aliphatic hydroxyl groups is 5. The minimum absolute atomic E-state index is 0.0258. The van der Waals surface area contributed by atoms with E-state index in [4.69, 9.17) is 21.4 Å². The van der Waals surface area contributed by atoms with Gasteiger partial charge in [0.25, 0.3) is 5.91 Å². The number of para-hydroxylation sites is 1. The van der Waals surface area contributed by atoms with Gasteiger partial charge in [-0.25, -0.2) is 0 Å². The standard InChI is InChI=1S/C34H41ClN2O7S/c1-37(33(43)32(42)31(41)30(40)28(39)20-38)16-17-45-23-8-9-27(35)21(18-23)10-12-34(13-14-34)26-19-36-15-11-24(26)25-4-2-3-5-29(25)44-22-6-7-22/h2-5,8-9,11,15,18-19,22,28,30-32,38-42H,6-7,10,12-14,16-17,20H2,1H3/t28-,30+,31-,32-/m0/s1. The second-order valence-electron chi connectivity index (χ2n) is 12.1. The molecule has 2 saturated carbocycles. The van der Waals surface area contributed by atoms with Crippen molar-refractivity contribution in [3.8, 4) is 16.9 Å². The summed E-state index contributed by atoms with van der Waals surface area (Å²) < 4.78 is 6.25. The maximum atomic E-state index is 12.5. The van der Waals surface area contributed by atoms with E-state index in [0.29, 0.717) is 16.9 Å². The molecule has 2 fully saturated rings. The SMILES string of the molecule is CN(CCSc1ccc(Cl)c(CCC2(c3cnccc3-c3ccccc3OC3CC3)CC2)c1)C(=O)[C@@H](O)[C@@H](O)[C@H](O)[C@@H](O)CO. The Balaban J connectivity index is 1.20. The second-order valence-corrected chi connectivity index (χ2v) is 13.6. The summed E-state index contributed by atoms with van der Waals surface area (Å²) in [7, 11) is 1.49. The quantitative estimate of drug-likeness (QED) is 0.146. The molecule has 0 aliphatic heterocycles. The number of likely N-dealkylation sites (N-methyl/N-ethyl adjacent to an activating group) is 1. The zero-order valence-electron chi connectivity index (χ0n) is 25.3. The van der Waals surface area contributed by atoms with Gasteiger partial charge in [-0.15, -0.1) is 11.8 Å². The molecule has 1 amide bonds. The molecule has 0 unspecified atom stereocenters. The first-order valence-corrected chi connectivity index (χ1v) is 16.7. The van der Waals surface area contributed by atoms with Crippen LogP contribution in [0, 0.1) is 0 Å². The first-order chi connectivity index (χ1) is 21.6. The summed E-state index contributed by atoms with van der Waals surface area (Å²) >= 11 is 8.18. The number of thioether (sulfide) groups is 1. The Labute approximate surface area is 272 Å². The van der Waals surface area contributed by atoms with Gasteiger partial charge < -0.3 is 35.2 Å². The molecule has 5 rings (SSSR count). The van der Waals surface area contributed by atoms with Crippen LogP contribution in [0.15, 0.2) is 65.8 Å². The average Bonchev–Trinajstić information content (AvgIpc) is 4.01. The van der Waals surface area contributed by atoms with Gasteiger partial charge in [0.1, 0.15) is 24.1 Å². The van der Waals surface area contributed by atoms with Crippen molar-refractivity contribution in [2.45, 2.75) is 79.4 Å². The topological polar surface area (TPSA) is 144 Å². The number of halogens is 1. The summed E-state index contributed by atoms with van der Waals surface area (Å²) in [6.07, 6.45) is 2.86. The maximum absolute atomic E-state index is 12.5. The summed E-state index contributed by atoms with van der Waals surface area (Å²) in [6.45, 7) is -0.548. The van der Waals surface area contributed by atoms with Crippen molar-refractivity contribution in [3.05, 3.63) is 77.1 Å². The molecule has 4 atom stereocenters. The molecule has 1 heterocycles. The minimum Gasteiger partial charge on any atom is -0.490 e. The lowest BCUT2D eigenvalue weighted by atomic mass is 9.85. The lowest BCUT2D eigenvalue weighted by molar-refractivity contribution is -0.156. The van der Waals surface area contributed by atoms with Crippen LogP contribution in [0.1, 0.15) is 43.2 Å². The van der Waals surface area contributed by atoms with Crippen molar-refractivity contribution in [3.63, 3.8) is 0 Å². The highest BCUT2D eigenvalue weighted by molar-refractivity contribution is 7.99. The monoisotopic (exact) mass is 656 g/mol. The first kappa shape index (κ1) is 33.7. The van der Waals surface area contributed by atoms with Gasteiger partial charge in [0.15, 0.2) is 6.10 Å². The molecule has 2 aliphatic rings. The van der Waals surface area contributed by atoms with Crippen molar-refractivity contribution < 1.29 is 35.1 Å². The van der Waals surface area contributed by atoms with Gasteiger partial charge in [-0.2, -0.15) is 0 Å². The molecule has 1 aromatic heterocycles. The number of hydrogen-bond acceptors (Lipinski definition) is 9. The van der Waals surface area contributed by atoms with E-state index >= 15 is 0 Å². The first-order valence-electron chi connectivity index (χ1n) is 15.3. The molecule has 9 nitrogen and oxygen atoms in total. The van der Waals surface area contributed by atoms with Gasteiger partial charge in [0.05, 0.1) is 12.7 Å². The number of carbonyl (C=O) groups excluding carboxylic acids is 1. The van der Waals surface area contributed by atoms with Crippen LogP contribution in [0.5, 0.6) is 5.75 Å². The van der Waals surface area contributed by atoms with Crippen molar-refractivity contribution in [2.75, 3.05) is 26.0 Å². The largest absolute Gasteiger partial charge is 0.490 e. The number of nitrogens with zero attached hydrogens (tertiary/aromatic N) is 2. The molecule has 0 saturated heterocycles. The van der Waals surface area contributed by atoms with Crippen LogP contribution in [-0.2, 0) is 16.6 Å². The molecule has 3 aromatic rings. The Bertz CT molecular complexity index is 1470. The molecule has 2 aliphatic carbocycles. The van der Waals surface area contributed by atoms with Crippen molar-refractivity contribution in [1.82, 2.24) is 9.88 Å². The van der Waals surface area contributed by atoms with Crippen molar-refractivity contribution >= 4 is 29.3 Å². The highest BCUT2D eigenvalue weighted by atomic mass is 35.5. The number of aromatic nitrogens is 1. The fraction of sp³-hybridized carbons (Fsp3) is 0.471. The van der Waals surface area contributed by atoms with E-state index in [-0.39, 0.29) is 12.0 Å². The summed E-state index contributed by atoms with van der Waals surface area (Å²) in [5, 5.41) is 49.2. The second kappa shape index (κ2) is 14.8. The molecule has 0 spiro atoms. The number of aliphatic hydroxyl groups excluding tert-OH is 5. The number of pyridine rings is 1.